The molecule has 2 aromatic carbocycles. The number of benzene rings is 2. The Balaban J connectivity index is 1.53. The van der Waals surface area contributed by atoms with Crippen molar-refractivity contribution in [3.8, 4) is 0 Å². The monoisotopic (exact) mass is 465 g/mol. The van der Waals surface area contributed by atoms with E-state index in [-0.39, 0.29) is 18.0 Å². The molecule has 1 heterocycles. The lowest BCUT2D eigenvalue weighted by molar-refractivity contribution is -0.137. The molecular formula is C23H23ClF3N3O2. The predicted molar refractivity (Wildman–Crippen MR) is 117 cm³/mol. The second-order valence-corrected chi connectivity index (χ2v) is 7.99. The summed E-state index contributed by atoms with van der Waals surface area (Å²) >= 11 is 5.59. The van der Waals surface area contributed by atoms with Gasteiger partial charge in [-0.1, -0.05) is 29.8 Å². The highest BCUT2D eigenvalue weighted by atomic mass is 35.5. The van der Waals surface area contributed by atoms with Crippen molar-refractivity contribution in [1.82, 2.24) is 15.1 Å². The third-order valence-electron chi connectivity index (χ3n) is 5.18. The number of halogens is 4. The molecule has 0 atom stereocenters. The van der Waals surface area contributed by atoms with Crippen molar-refractivity contribution in [1.29, 1.82) is 0 Å². The summed E-state index contributed by atoms with van der Waals surface area (Å²) < 4.78 is 38.8. The van der Waals surface area contributed by atoms with E-state index in [0.717, 1.165) is 36.9 Å². The molecule has 1 saturated heterocycles. The molecule has 1 N–H and O–H groups in total. The van der Waals surface area contributed by atoms with Crippen LogP contribution in [0, 0.1) is 0 Å². The van der Waals surface area contributed by atoms with Gasteiger partial charge in [0, 0.05) is 44.4 Å². The SMILES string of the molecule is CN1CCN(C(=O)c2ccc(CNC(=O)C=Cc3ccc(Cl)c(C(F)(F)F)c3)cc2)CC1. The van der Waals surface area contributed by atoms with Crippen LogP contribution >= 0.6 is 11.6 Å². The van der Waals surface area contributed by atoms with Gasteiger partial charge in [0.1, 0.15) is 0 Å². The van der Waals surface area contributed by atoms with Crippen LogP contribution in [0.15, 0.2) is 48.5 Å². The van der Waals surface area contributed by atoms with Gasteiger partial charge >= 0.3 is 6.18 Å². The number of carbonyl (C=O) groups is 2. The van der Waals surface area contributed by atoms with E-state index in [1.54, 1.807) is 24.3 Å². The highest BCUT2D eigenvalue weighted by molar-refractivity contribution is 6.31. The van der Waals surface area contributed by atoms with Crippen molar-refractivity contribution in [2.45, 2.75) is 12.7 Å². The fourth-order valence-corrected chi connectivity index (χ4v) is 3.47. The molecule has 0 radical (unpaired) electrons. The van der Waals surface area contributed by atoms with Gasteiger partial charge in [0.15, 0.2) is 0 Å². The van der Waals surface area contributed by atoms with E-state index in [0.29, 0.717) is 18.7 Å². The normalized spacial score (nSPS) is 15.2. The number of amides is 2. The van der Waals surface area contributed by atoms with Crippen molar-refractivity contribution in [3.63, 3.8) is 0 Å². The average Bonchev–Trinajstić information content (AvgIpc) is 2.76. The smallest absolute Gasteiger partial charge is 0.348 e. The quantitative estimate of drug-likeness (QED) is 0.677. The number of likely N-dealkylation sites (N-methyl/N-ethyl adjacent to an activating group) is 1. The number of piperazine rings is 1. The third kappa shape index (κ3) is 6.34. The van der Waals surface area contributed by atoms with Gasteiger partial charge in [-0.05, 0) is 48.5 Å². The second kappa shape index (κ2) is 10.2. The largest absolute Gasteiger partial charge is 0.417 e. The number of carbonyl (C=O) groups excluding carboxylic acids is 2. The van der Waals surface area contributed by atoms with Crippen LogP contribution < -0.4 is 5.32 Å². The van der Waals surface area contributed by atoms with Crippen LogP contribution in [0.2, 0.25) is 5.02 Å². The van der Waals surface area contributed by atoms with E-state index < -0.39 is 22.7 Å². The zero-order valence-corrected chi connectivity index (χ0v) is 18.2. The minimum absolute atomic E-state index is 0.0159. The zero-order chi connectivity index (χ0) is 23.3. The summed E-state index contributed by atoms with van der Waals surface area (Å²) in [5.74, 6) is -0.469. The Bertz CT molecular complexity index is 999. The topological polar surface area (TPSA) is 52.6 Å². The zero-order valence-electron chi connectivity index (χ0n) is 17.5. The van der Waals surface area contributed by atoms with Crippen molar-refractivity contribution in [2.75, 3.05) is 33.2 Å². The first kappa shape index (κ1) is 23.8. The van der Waals surface area contributed by atoms with Crippen LogP contribution in [0.1, 0.15) is 27.0 Å². The molecule has 170 valence electrons. The van der Waals surface area contributed by atoms with Gasteiger partial charge in [-0.2, -0.15) is 13.2 Å². The van der Waals surface area contributed by atoms with Gasteiger partial charge in [-0.15, -0.1) is 0 Å². The first-order valence-electron chi connectivity index (χ1n) is 10.0. The molecule has 5 nitrogen and oxygen atoms in total. The van der Waals surface area contributed by atoms with E-state index in [9.17, 15) is 22.8 Å². The maximum absolute atomic E-state index is 12.9. The molecule has 1 aliphatic heterocycles. The van der Waals surface area contributed by atoms with E-state index >= 15 is 0 Å². The lowest BCUT2D eigenvalue weighted by Gasteiger charge is -2.32. The maximum Gasteiger partial charge on any atom is 0.417 e. The number of rotatable bonds is 5. The summed E-state index contributed by atoms with van der Waals surface area (Å²) in [4.78, 5) is 28.6. The van der Waals surface area contributed by atoms with Crippen LogP contribution in [0.25, 0.3) is 6.08 Å². The van der Waals surface area contributed by atoms with Gasteiger partial charge in [-0.3, -0.25) is 9.59 Å². The van der Waals surface area contributed by atoms with Crippen LogP contribution in [-0.2, 0) is 17.5 Å². The Morgan fingerprint density at radius 2 is 1.72 bits per heavy atom. The Kier molecular flexibility index (Phi) is 7.58. The van der Waals surface area contributed by atoms with Gasteiger partial charge < -0.3 is 15.1 Å². The molecule has 32 heavy (non-hydrogen) atoms. The summed E-state index contributed by atoms with van der Waals surface area (Å²) in [6.45, 7) is 3.30. The first-order chi connectivity index (χ1) is 15.1. The van der Waals surface area contributed by atoms with Crippen molar-refractivity contribution < 1.29 is 22.8 Å². The highest BCUT2D eigenvalue weighted by Crippen LogP contribution is 2.35. The van der Waals surface area contributed by atoms with Gasteiger partial charge in [-0.25, -0.2) is 0 Å². The summed E-state index contributed by atoms with van der Waals surface area (Å²) in [5, 5.41) is 2.27. The Labute approximate surface area is 189 Å². The number of alkyl halides is 3. The number of hydrogen-bond acceptors (Lipinski definition) is 3. The number of nitrogens with zero attached hydrogens (tertiary/aromatic N) is 2. The van der Waals surface area contributed by atoms with Crippen molar-refractivity contribution >= 4 is 29.5 Å². The van der Waals surface area contributed by atoms with E-state index in [1.807, 2.05) is 11.9 Å². The second-order valence-electron chi connectivity index (χ2n) is 7.58. The summed E-state index contributed by atoms with van der Waals surface area (Å²) in [6, 6.07) is 10.4. The molecule has 0 saturated carbocycles. The molecule has 0 unspecified atom stereocenters. The molecule has 1 fully saturated rings. The van der Waals surface area contributed by atoms with Crippen LogP contribution in [0.3, 0.4) is 0 Å². The third-order valence-corrected chi connectivity index (χ3v) is 5.51. The number of hydrogen-bond donors (Lipinski definition) is 1. The summed E-state index contributed by atoms with van der Waals surface area (Å²) in [7, 11) is 2.02. The van der Waals surface area contributed by atoms with Gasteiger partial charge in [0.05, 0.1) is 10.6 Å². The molecule has 2 amide bonds. The van der Waals surface area contributed by atoms with Gasteiger partial charge in [0.25, 0.3) is 5.91 Å². The minimum atomic E-state index is -4.57. The molecule has 2 aromatic rings. The van der Waals surface area contributed by atoms with Crippen LogP contribution in [0.4, 0.5) is 13.2 Å². The minimum Gasteiger partial charge on any atom is -0.348 e. The predicted octanol–water partition coefficient (Wildman–Crippen LogP) is 4.08. The summed E-state index contributed by atoms with van der Waals surface area (Å²) in [6.07, 6.45) is -2.12. The molecule has 0 aromatic heterocycles. The van der Waals surface area contributed by atoms with E-state index in [1.165, 1.54) is 12.1 Å². The lowest BCUT2D eigenvalue weighted by atomic mass is 10.1. The number of nitrogens with one attached hydrogen (secondary N) is 1. The van der Waals surface area contributed by atoms with Gasteiger partial charge in [0.2, 0.25) is 5.91 Å². The highest BCUT2D eigenvalue weighted by Gasteiger charge is 2.33. The van der Waals surface area contributed by atoms with Crippen LogP contribution in [-0.4, -0.2) is 54.8 Å². The standard InChI is InChI=1S/C23H23ClF3N3O2/c1-29-10-12-30(13-11-29)22(32)18-6-2-17(3-7-18)15-28-21(31)9-5-16-4-8-20(24)19(14-16)23(25,26)27/h2-9,14H,10-13,15H2,1H3,(H,28,31). The van der Waals surface area contributed by atoms with Crippen LogP contribution in [0.5, 0.6) is 0 Å². The molecule has 9 heteroatoms. The Morgan fingerprint density at radius 3 is 2.34 bits per heavy atom. The van der Waals surface area contributed by atoms with Crippen molar-refractivity contribution in [2.24, 2.45) is 0 Å². The van der Waals surface area contributed by atoms with E-state index in [4.69, 9.17) is 11.6 Å². The fraction of sp³-hybridized carbons (Fsp3) is 0.304. The molecular weight excluding hydrogens is 443 g/mol. The molecule has 0 spiro atoms. The summed E-state index contributed by atoms with van der Waals surface area (Å²) in [5.41, 5.74) is 0.650. The van der Waals surface area contributed by atoms with Crippen molar-refractivity contribution in [3.05, 3.63) is 75.8 Å². The first-order valence-corrected chi connectivity index (χ1v) is 10.4. The lowest BCUT2D eigenvalue weighted by Crippen LogP contribution is -2.47. The molecule has 3 rings (SSSR count). The fourth-order valence-electron chi connectivity index (χ4n) is 3.24. The molecule has 1 aliphatic rings. The Morgan fingerprint density at radius 1 is 1.06 bits per heavy atom. The molecule has 0 bridgehead atoms. The van der Waals surface area contributed by atoms with E-state index in [2.05, 4.69) is 10.2 Å². The Hall–Kier alpha value is -2.84. The maximum atomic E-state index is 12.9. The molecule has 0 aliphatic carbocycles. The average molecular weight is 466 g/mol.